The standard InChI is InChI=1S/C26H35Cl2N3O3/c27-22-6-4-21(20-23(22)28)5-7-24(32)31-14-8-25(33)30(17-18-31)13-2-1-12-29-15-10-26(11-16-29)9-3-19-34-26/h4-7,20H,1-3,8-19H2/b7-5+. The lowest BCUT2D eigenvalue weighted by atomic mass is 9.88. The summed E-state index contributed by atoms with van der Waals surface area (Å²) in [5.74, 6) is 0.0527. The van der Waals surface area contributed by atoms with Crippen molar-refractivity contribution in [3.05, 3.63) is 39.9 Å². The zero-order valence-electron chi connectivity index (χ0n) is 19.8. The lowest BCUT2D eigenvalue weighted by molar-refractivity contribution is -0.130. The third kappa shape index (κ3) is 6.75. The molecule has 3 aliphatic rings. The summed E-state index contributed by atoms with van der Waals surface area (Å²) in [5, 5.41) is 0.943. The van der Waals surface area contributed by atoms with Crippen LogP contribution in [-0.4, -0.2) is 84.5 Å². The zero-order valence-corrected chi connectivity index (χ0v) is 21.3. The van der Waals surface area contributed by atoms with Crippen molar-refractivity contribution in [2.24, 2.45) is 0 Å². The Kier molecular flexibility index (Phi) is 8.92. The predicted octanol–water partition coefficient (Wildman–Crippen LogP) is 4.49. The van der Waals surface area contributed by atoms with E-state index in [0.717, 1.165) is 64.0 Å². The van der Waals surface area contributed by atoms with Gasteiger partial charge in [0.2, 0.25) is 11.8 Å². The van der Waals surface area contributed by atoms with Crippen LogP contribution in [0.2, 0.25) is 10.0 Å². The number of ether oxygens (including phenoxy) is 1. The zero-order chi connectivity index (χ0) is 24.0. The third-order valence-corrected chi connectivity index (χ3v) is 8.11. The van der Waals surface area contributed by atoms with Crippen LogP contribution in [0.5, 0.6) is 0 Å². The average molecular weight is 508 g/mol. The van der Waals surface area contributed by atoms with E-state index in [0.29, 0.717) is 36.1 Å². The molecule has 0 atom stereocenters. The van der Waals surface area contributed by atoms with E-state index >= 15 is 0 Å². The van der Waals surface area contributed by atoms with Gasteiger partial charge in [0.15, 0.2) is 0 Å². The highest BCUT2D eigenvalue weighted by Gasteiger charge is 2.38. The molecule has 3 heterocycles. The van der Waals surface area contributed by atoms with Gasteiger partial charge in [0.25, 0.3) is 0 Å². The Bertz CT molecular complexity index is 891. The number of rotatable bonds is 7. The fourth-order valence-corrected chi connectivity index (χ4v) is 5.49. The molecule has 8 heteroatoms. The fourth-order valence-electron chi connectivity index (χ4n) is 5.18. The summed E-state index contributed by atoms with van der Waals surface area (Å²) in [7, 11) is 0. The first-order chi connectivity index (χ1) is 16.4. The Morgan fingerprint density at radius 2 is 1.79 bits per heavy atom. The summed E-state index contributed by atoms with van der Waals surface area (Å²) < 4.78 is 6.02. The molecule has 3 fully saturated rings. The van der Waals surface area contributed by atoms with Crippen LogP contribution >= 0.6 is 23.2 Å². The van der Waals surface area contributed by atoms with Crippen molar-refractivity contribution < 1.29 is 14.3 Å². The Morgan fingerprint density at radius 3 is 2.53 bits per heavy atom. The van der Waals surface area contributed by atoms with Gasteiger partial charge in [-0.25, -0.2) is 0 Å². The molecule has 0 bridgehead atoms. The summed E-state index contributed by atoms with van der Waals surface area (Å²) in [6, 6.07) is 5.25. The Labute approximate surface area is 212 Å². The van der Waals surface area contributed by atoms with E-state index in [-0.39, 0.29) is 17.4 Å². The molecule has 1 aromatic carbocycles. The molecule has 0 saturated carbocycles. The molecule has 0 aromatic heterocycles. The maximum absolute atomic E-state index is 12.7. The second kappa shape index (κ2) is 11.9. The first-order valence-electron chi connectivity index (χ1n) is 12.5. The highest BCUT2D eigenvalue weighted by molar-refractivity contribution is 6.42. The van der Waals surface area contributed by atoms with Gasteiger partial charge in [-0.2, -0.15) is 0 Å². The second-order valence-electron chi connectivity index (χ2n) is 9.65. The summed E-state index contributed by atoms with van der Waals surface area (Å²) in [5.41, 5.74) is 0.991. The van der Waals surface area contributed by atoms with E-state index < -0.39 is 0 Å². The highest BCUT2D eigenvalue weighted by Crippen LogP contribution is 2.35. The largest absolute Gasteiger partial charge is 0.375 e. The van der Waals surface area contributed by atoms with Crippen molar-refractivity contribution in [1.29, 1.82) is 0 Å². The van der Waals surface area contributed by atoms with E-state index in [1.54, 1.807) is 29.2 Å². The summed E-state index contributed by atoms with van der Waals surface area (Å²) >= 11 is 12.0. The number of halogens is 2. The van der Waals surface area contributed by atoms with Gasteiger partial charge in [-0.3, -0.25) is 9.59 Å². The van der Waals surface area contributed by atoms with Crippen molar-refractivity contribution >= 4 is 41.1 Å². The number of hydrogen-bond acceptors (Lipinski definition) is 4. The SMILES string of the molecule is O=C(/C=C/c1ccc(Cl)c(Cl)c1)N1CCC(=O)N(CCCCN2CCC3(CCCO3)CC2)CC1. The maximum Gasteiger partial charge on any atom is 0.246 e. The minimum Gasteiger partial charge on any atom is -0.375 e. The van der Waals surface area contributed by atoms with Crippen molar-refractivity contribution in [2.45, 2.75) is 50.5 Å². The van der Waals surface area contributed by atoms with E-state index in [9.17, 15) is 9.59 Å². The molecule has 34 heavy (non-hydrogen) atoms. The number of amides is 2. The van der Waals surface area contributed by atoms with Crippen LogP contribution in [0.4, 0.5) is 0 Å². The number of carbonyl (C=O) groups is 2. The van der Waals surface area contributed by atoms with Crippen molar-refractivity contribution in [3.8, 4) is 0 Å². The van der Waals surface area contributed by atoms with Gasteiger partial charge in [0.05, 0.1) is 15.6 Å². The first-order valence-corrected chi connectivity index (χ1v) is 13.3. The molecule has 0 aliphatic carbocycles. The molecule has 6 nitrogen and oxygen atoms in total. The topological polar surface area (TPSA) is 53.1 Å². The van der Waals surface area contributed by atoms with E-state index in [1.165, 1.54) is 12.8 Å². The predicted molar refractivity (Wildman–Crippen MR) is 136 cm³/mol. The monoisotopic (exact) mass is 507 g/mol. The molecule has 0 unspecified atom stereocenters. The smallest absolute Gasteiger partial charge is 0.246 e. The summed E-state index contributed by atoms with van der Waals surface area (Å²) in [6.07, 6.45) is 10.5. The van der Waals surface area contributed by atoms with Crippen molar-refractivity contribution in [3.63, 3.8) is 0 Å². The molecule has 1 aromatic rings. The molecular formula is C26H35Cl2N3O3. The highest BCUT2D eigenvalue weighted by atomic mass is 35.5. The average Bonchev–Trinajstić information content (AvgIpc) is 3.21. The minimum atomic E-state index is -0.0881. The first kappa shape index (κ1) is 25.5. The molecule has 2 amide bonds. The molecule has 186 valence electrons. The lowest BCUT2D eigenvalue weighted by Crippen LogP contribution is -2.44. The molecule has 0 N–H and O–H groups in total. The Morgan fingerprint density at radius 1 is 1.00 bits per heavy atom. The molecular weight excluding hydrogens is 473 g/mol. The Hall–Kier alpha value is -1.60. The van der Waals surface area contributed by atoms with Gasteiger partial charge >= 0.3 is 0 Å². The van der Waals surface area contributed by atoms with Crippen LogP contribution in [0, 0.1) is 0 Å². The van der Waals surface area contributed by atoms with Gasteiger partial charge in [-0.05, 0) is 68.8 Å². The molecule has 4 rings (SSSR count). The molecule has 1 spiro atoms. The van der Waals surface area contributed by atoms with Crippen LogP contribution in [-0.2, 0) is 14.3 Å². The quantitative estimate of drug-likeness (QED) is 0.402. The van der Waals surface area contributed by atoms with Crippen LogP contribution in [0.25, 0.3) is 6.08 Å². The molecule has 3 aliphatic heterocycles. The molecule has 0 radical (unpaired) electrons. The second-order valence-corrected chi connectivity index (χ2v) is 10.5. The van der Waals surface area contributed by atoms with Crippen molar-refractivity contribution in [1.82, 2.24) is 14.7 Å². The van der Waals surface area contributed by atoms with Crippen LogP contribution in [0.15, 0.2) is 24.3 Å². The third-order valence-electron chi connectivity index (χ3n) is 7.37. The van der Waals surface area contributed by atoms with Crippen LogP contribution in [0.1, 0.15) is 50.5 Å². The van der Waals surface area contributed by atoms with Gasteiger partial charge in [0.1, 0.15) is 0 Å². The lowest BCUT2D eigenvalue weighted by Gasteiger charge is -2.38. The van der Waals surface area contributed by atoms with Gasteiger partial charge in [-0.1, -0.05) is 29.3 Å². The van der Waals surface area contributed by atoms with E-state index in [2.05, 4.69) is 4.90 Å². The number of carbonyl (C=O) groups excluding carboxylic acids is 2. The number of piperidine rings is 1. The Balaban J connectivity index is 1.16. The van der Waals surface area contributed by atoms with Gasteiger partial charge in [-0.15, -0.1) is 0 Å². The fraction of sp³-hybridized carbons (Fsp3) is 0.615. The maximum atomic E-state index is 12.7. The van der Waals surface area contributed by atoms with Crippen molar-refractivity contribution in [2.75, 3.05) is 52.4 Å². The molecule has 3 saturated heterocycles. The summed E-state index contributed by atoms with van der Waals surface area (Å²) in [4.78, 5) is 31.5. The number of benzene rings is 1. The van der Waals surface area contributed by atoms with E-state index in [1.807, 2.05) is 11.0 Å². The number of nitrogens with zero attached hydrogens (tertiary/aromatic N) is 3. The van der Waals surface area contributed by atoms with Gasteiger partial charge in [0, 0.05) is 58.4 Å². The van der Waals surface area contributed by atoms with E-state index in [4.69, 9.17) is 27.9 Å². The van der Waals surface area contributed by atoms with Crippen LogP contribution in [0.3, 0.4) is 0 Å². The summed E-state index contributed by atoms with van der Waals surface area (Å²) in [6.45, 7) is 6.63. The van der Waals surface area contributed by atoms with Crippen LogP contribution < -0.4 is 0 Å². The minimum absolute atomic E-state index is 0.0881. The number of likely N-dealkylation sites (tertiary alicyclic amines) is 1. The number of hydrogen-bond donors (Lipinski definition) is 0. The number of unbranched alkanes of at least 4 members (excludes halogenated alkanes) is 1. The normalized spacial score (nSPS) is 21.5. The van der Waals surface area contributed by atoms with Gasteiger partial charge < -0.3 is 19.4 Å².